The van der Waals surface area contributed by atoms with Crippen LogP contribution in [0.5, 0.6) is 5.75 Å². The molecular weight excluding hydrogens is 446 g/mol. The molecule has 0 aliphatic carbocycles. The van der Waals surface area contributed by atoms with Crippen molar-refractivity contribution in [1.29, 1.82) is 0 Å². The minimum Gasteiger partial charge on any atom is -0.496 e. The lowest BCUT2D eigenvalue weighted by Crippen LogP contribution is -2.18. The van der Waals surface area contributed by atoms with Gasteiger partial charge in [-0.25, -0.2) is 5.43 Å². The Morgan fingerprint density at radius 2 is 1.47 bits per heavy atom. The van der Waals surface area contributed by atoms with E-state index in [0.717, 1.165) is 33.4 Å². The van der Waals surface area contributed by atoms with Crippen LogP contribution < -0.4 is 10.2 Å². The normalized spacial score (nSPS) is 11.2. The Kier molecular flexibility index (Phi) is 6.37. The Morgan fingerprint density at radius 1 is 0.833 bits per heavy atom. The molecule has 178 valence electrons. The molecule has 0 saturated heterocycles. The van der Waals surface area contributed by atoms with E-state index in [0.29, 0.717) is 11.3 Å². The fraction of sp³-hybridized carbons (Fsp3) is 0.0968. The van der Waals surface area contributed by atoms with Gasteiger partial charge in [-0.15, -0.1) is 0 Å². The van der Waals surface area contributed by atoms with E-state index in [2.05, 4.69) is 64.5 Å². The molecule has 0 unspecified atom stereocenters. The van der Waals surface area contributed by atoms with Crippen LogP contribution >= 0.6 is 0 Å². The number of nitrogens with one attached hydrogen (secondary N) is 1. The average Bonchev–Trinajstić information content (AvgIpc) is 3.20. The first kappa shape index (κ1) is 23.1. The zero-order chi connectivity index (χ0) is 25.1. The van der Waals surface area contributed by atoms with Gasteiger partial charge < -0.3 is 9.30 Å². The Morgan fingerprint density at radius 3 is 2.17 bits per heavy atom. The van der Waals surface area contributed by atoms with Crippen molar-refractivity contribution in [2.24, 2.45) is 5.10 Å². The number of fused-ring (bicyclic) bond motifs is 1. The average molecular weight is 474 g/mol. The van der Waals surface area contributed by atoms with Gasteiger partial charge >= 0.3 is 0 Å². The first-order valence-corrected chi connectivity index (χ1v) is 11.8. The van der Waals surface area contributed by atoms with Gasteiger partial charge in [-0.3, -0.25) is 4.79 Å². The van der Waals surface area contributed by atoms with Crippen molar-refractivity contribution in [1.82, 2.24) is 9.99 Å². The van der Waals surface area contributed by atoms with Crippen LogP contribution in [0.3, 0.4) is 0 Å². The Balaban J connectivity index is 1.35. The topological polar surface area (TPSA) is 55.6 Å². The van der Waals surface area contributed by atoms with Crippen LogP contribution in [0, 0.1) is 13.8 Å². The van der Waals surface area contributed by atoms with Crippen molar-refractivity contribution in [3.8, 4) is 22.6 Å². The summed E-state index contributed by atoms with van der Waals surface area (Å²) in [4.78, 5) is 12.9. The predicted octanol–water partition coefficient (Wildman–Crippen LogP) is 6.69. The molecule has 5 aromatic rings. The molecule has 5 heteroatoms. The SMILES string of the molecule is COc1cc2ccccc2cc1C(=O)NN=Cc1cc(C)n(-c2ccc(-c3ccccc3)cc2)c1C. The number of nitrogens with zero attached hydrogens (tertiary/aromatic N) is 2. The van der Waals surface area contributed by atoms with Crippen molar-refractivity contribution in [3.63, 3.8) is 0 Å². The molecule has 0 radical (unpaired) electrons. The number of ether oxygens (including phenoxy) is 1. The summed E-state index contributed by atoms with van der Waals surface area (Å²) in [6.45, 7) is 4.11. The molecule has 5 nitrogen and oxygen atoms in total. The number of hydrogen-bond acceptors (Lipinski definition) is 3. The number of carbonyl (C=O) groups is 1. The highest BCUT2D eigenvalue weighted by molar-refractivity contribution is 6.02. The summed E-state index contributed by atoms with van der Waals surface area (Å²) in [6, 6.07) is 32.5. The van der Waals surface area contributed by atoms with Crippen molar-refractivity contribution >= 4 is 22.9 Å². The van der Waals surface area contributed by atoms with Gasteiger partial charge in [0, 0.05) is 22.6 Å². The number of aryl methyl sites for hydroxylation is 1. The van der Waals surface area contributed by atoms with Gasteiger partial charge in [-0.2, -0.15) is 5.10 Å². The smallest absolute Gasteiger partial charge is 0.275 e. The highest BCUT2D eigenvalue weighted by Gasteiger charge is 2.14. The third kappa shape index (κ3) is 4.51. The zero-order valence-electron chi connectivity index (χ0n) is 20.5. The van der Waals surface area contributed by atoms with E-state index in [9.17, 15) is 4.79 Å². The van der Waals surface area contributed by atoms with Gasteiger partial charge in [0.25, 0.3) is 5.91 Å². The van der Waals surface area contributed by atoms with Crippen LogP contribution in [0.2, 0.25) is 0 Å². The quantitative estimate of drug-likeness (QED) is 0.221. The monoisotopic (exact) mass is 473 g/mol. The molecule has 0 aliphatic heterocycles. The highest BCUT2D eigenvalue weighted by Crippen LogP contribution is 2.26. The van der Waals surface area contributed by atoms with Gasteiger partial charge in [0.1, 0.15) is 5.75 Å². The summed E-state index contributed by atoms with van der Waals surface area (Å²) in [5, 5.41) is 6.22. The number of aromatic nitrogens is 1. The van der Waals surface area contributed by atoms with E-state index >= 15 is 0 Å². The largest absolute Gasteiger partial charge is 0.496 e. The van der Waals surface area contributed by atoms with E-state index < -0.39 is 0 Å². The number of amides is 1. The van der Waals surface area contributed by atoms with Crippen molar-refractivity contribution in [2.75, 3.05) is 7.11 Å². The summed E-state index contributed by atoms with van der Waals surface area (Å²) in [5.41, 5.74) is 9.60. The molecule has 1 amide bonds. The van der Waals surface area contributed by atoms with E-state index in [-0.39, 0.29) is 5.91 Å². The van der Waals surface area contributed by atoms with Crippen LogP contribution in [-0.2, 0) is 0 Å². The van der Waals surface area contributed by atoms with E-state index in [4.69, 9.17) is 4.74 Å². The summed E-state index contributed by atoms with van der Waals surface area (Å²) in [6.07, 6.45) is 1.68. The third-order valence-corrected chi connectivity index (χ3v) is 6.39. The minimum atomic E-state index is -0.320. The number of carbonyl (C=O) groups excluding carboxylic acids is 1. The van der Waals surface area contributed by atoms with Crippen LogP contribution in [0.15, 0.2) is 102 Å². The summed E-state index contributed by atoms with van der Waals surface area (Å²) < 4.78 is 7.63. The number of rotatable bonds is 6. The molecule has 0 saturated carbocycles. The standard InChI is InChI=1S/C31H27N3O2/c1-21-17-27(22(2)34(21)28-15-13-24(14-16-28)23-9-5-4-6-10-23)20-32-33-31(35)29-18-25-11-7-8-12-26(25)19-30(29)36-3/h4-20H,1-3H3,(H,33,35). The Hall–Kier alpha value is -4.64. The maximum absolute atomic E-state index is 12.9. The second kappa shape index (κ2) is 9.92. The van der Waals surface area contributed by atoms with Crippen LogP contribution in [0.4, 0.5) is 0 Å². The second-order valence-corrected chi connectivity index (χ2v) is 8.67. The molecule has 1 heterocycles. The second-order valence-electron chi connectivity index (χ2n) is 8.67. The van der Waals surface area contributed by atoms with Gasteiger partial charge in [0.15, 0.2) is 0 Å². The maximum Gasteiger partial charge on any atom is 0.275 e. The molecule has 0 atom stereocenters. The molecule has 0 fully saturated rings. The molecule has 0 spiro atoms. The maximum atomic E-state index is 12.9. The van der Waals surface area contributed by atoms with Gasteiger partial charge in [0.2, 0.25) is 0 Å². The zero-order valence-corrected chi connectivity index (χ0v) is 20.5. The van der Waals surface area contributed by atoms with Gasteiger partial charge in [-0.1, -0.05) is 66.7 Å². The summed E-state index contributed by atoms with van der Waals surface area (Å²) >= 11 is 0. The number of hydrazone groups is 1. The van der Waals surface area contributed by atoms with Crippen LogP contribution in [0.1, 0.15) is 27.3 Å². The van der Waals surface area contributed by atoms with Crippen molar-refractivity contribution < 1.29 is 9.53 Å². The number of methoxy groups -OCH3 is 1. The Labute approximate surface area is 210 Å². The molecule has 1 aromatic heterocycles. The van der Waals surface area contributed by atoms with Crippen LogP contribution in [-0.4, -0.2) is 23.8 Å². The molecule has 5 rings (SSSR count). The Bertz CT molecular complexity index is 1570. The fourth-order valence-electron chi connectivity index (χ4n) is 4.54. The minimum absolute atomic E-state index is 0.320. The van der Waals surface area contributed by atoms with Crippen molar-refractivity contribution in [2.45, 2.75) is 13.8 Å². The lowest BCUT2D eigenvalue weighted by molar-refractivity contribution is 0.0952. The number of hydrogen-bond donors (Lipinski definition) is 1. The van der Waals surface area contributed by atoms with Gasteiger partial charge in [0.05, 0.1) is 18.9 Å². The van der Waals surface area contributed by atoms with E-state index in [1.165, 1.54) is 11.1 Å². The fourth-order valence-corrected chi connectivity index (χ4v) is 4.54. The molecule has 36 heavy (non-hydrogen) atoms. The molecule has 1 N–H and O–H groups in total. The lowest BCUT2D eigenvalue weighted by Gasteiger charge is -2.11. The van der Waals surface area contributed by atoms with Crippen molar-refractivity contribution in [3.05, 3.63) is 120 Å². The first-order chi connectivity index (χ1) is 17.5. The number of benzene rings is 4. The summed E-state index contributed by atoms with van der Waals surface area (Å²) in [7, 11) is 1.56. The van der Waals surface area contributed by atoms with E-state index in [1.54, 1.807) is 13.3 Å². The molecule has 4 aromatic carbocycles. The molecular formula is C31H27N3O2. The van der Waals surface area contributed by atoms with Crippen LogP contribution in [0.25, 0.3) is 27.6 Å². The van der Waals surface area contributed by atoms with E-state index in [1.807, 2.05) is 61.5 Å². The molecule has 0 aliphatic rings. The predicted molar refractivity (Wildman–Crippen MR) is 146 cm³/mol. The molecule has 0 bridgehead atoms. The lowest BCUT2D eigenvalue weighted by atomic mass is 10.1. The summed E-state index contributed by atoms with van der Waals surface area (Å²) in [5.74, 6) is 0.192. The highest BCUT2D eigenvalue weighted by atomic mass is 16.5. The first-order valence-electron chi connectivity index (χ1n) is 11.8. The third-order valence-electron chi connectivity index (χ3n) is 6.39. The van der Waals surface area contributed by atoms with Gasteiger partial charge in [-0.05, 0) is 66.1 Å².